The molecule has 208 valence electrons. The third-order valence-corrected chi connectivity index (χ3v) is 8.51. The van der Waals surface area contributed by atoms with E-state index in [1.54, 1.807) is 30.0 Å². The van der Waals surface area contributed by atoms with Gasteiger partial charge in [0.15, 0.2) is 0 Å². The van der Waals surface area contributed by atoms with Crippen molar-refractivity contribution in [1.29, 1.82) is 0 Å². The van der Waals surface area contributed by atoms with Crippen LogP contribution in [0.4, 0.5) is 0 Å². The highest BCUT2D eigenvalue weighted by atomic mass is 35.5. The van der Waals surface area contributed by atoms with Gasteiger partial charge in [-0.3, -0.25) is 9.59 Å². The molecule has 2 atom stereocenters. The van der Waals surface area contributed by atoms with Crippen LogP contribution in [0.5, 0.6) is 0 Å². The molecule has 1 aromatic rings. The third kappa shape index (κ3) is 6.13. The SMILES string of the molecule is CCOC(=O)C1=C(N2CCN(C(=O)c3ccc(Cl)c(Cl)c3)CC2)C2CCCCC2N(CCCN(C)C)C1=O. The van der Waals surface area contributed by atoms with Gasteiger partial charge in [-0.15, -0.1) is 0 Å². The Bertz CT molecular complexity index is 1080. The molecule has 1 saturated heterocycles. The van der Waals surface area contributed by atoms with E-state index >= 15 is 0 Å². The molecular weight excluding hydrogens is 527 g/mol. The fraction of sp³-hybridized carbons (Fsp3) is 0.607. The first kappa shape index (κ1) is 28.7. The zero-order valence-corrected chi connectivity index (χ0v) is 24.1. The number of ether oxygens (including phenoxy) is 1. The second-order valence-corrected chi connectivity index (χ2v) is 11.3. The Hall–Kier alpha value is -2.29. The lowest BCUT2D eigenvalue weighted by molar-refractivity contribution is -0.145. The van der Waals surface area contributed by atoms with Crippen molar-refractivity contribution in [3.05, 3.63) is 45.1 Å². The first-order valence-corrected chi connectivity index (χ1v) is 14.3. The molecule has 0 spiro atoms. The summed E-state index contributed by atoms with van der Waals surface area (Å²) in [6.07, 6.45) is 4.86. The maximum atomic E-state index is 13.9. The first-order chi connectivity index (χ1) is 18.2. The topological polar surface area (TPSA) is 73.4 Å². The minimum absolute atomic E-state index is 0.0856. The van der Waals surface area contributed by atoms with Crippen molar-refractivity contribution in [3.8, 4) is 0 Å². The van der Waals surface area contributed by atoms with Gasteiger partial charge in [0.1, 0.15) is 5.57 Å². The molecule has 0 aromatic heterocycles. The summed E-state index contributed by atoms with van der Waals surface area (Å²) in [5.74, 6) is -0.763. The van der Waals surface area contributed by atoms with Crippen molar-refractivity contribution >= 4 is 41.0 Å². The minimum Gasteiger partial charge on any atom is -0.462 e. The number of halogens is 2. The second kappa shape index (κ2) is 12.7. The van der Waals surface area contributed by atoms with E-state index in [0.717, 1.165) is 44.3 Å². The van der Waals surface area contributed by atoms with E-state index in [9.17, 15) is 14.4 Å². The smallest absolute Gasteiger partial charge is 0.345 e. The number of carbonyl (C=O) groups excluding carboxylic acids is 3. The van der Waals surface area contributed by atoms with Crippen LogP contribution in [0, 0.1) is 5.92 Å². The summed E-state index contributed by atoms with van der Waals surface area (Å²) in [6.45, 7) is 5.53. The van der Waals surface area contributed by atoms with Gasteiger partial charge in [-0.1, -0.05) is 36.0 Å². The molecule has 8 nitrogen and oxygen atoms in total. The zero-order valence-electron chi connectivity index (χ0n) is 22.5. The van der Waals surface area contributed by atoms with Gasteiger partial charge in [-0.25, -0.2) is 4.79 Å². The van der Waals surface area contributed by atoms with Crippen molar-refractivity contribution in [1.82, 2.24) is 19.6 Å². The number of fused-ring (bicyclic) bond motifs is 1. The number of hydrogen-bond acceptors (Lipinski definition) is 6. The van der Waals surface area contributed by atoms with E-state index < -0.39 is 5.97 Å². The van der Waals surface area contributed by atoms with Gasteiger partial charge in [0, 0.05) is 55.9 Å². The predicted molar refractivity (Wildman–Crippen MR) is 148 cm³/mol. The van der Waals surface area contributed by atoms with Crippen LogP contribution in [0.2, 0.25) is 10.0 Å². The third-order valence-electron chi connectivity index (χ3n) is 7.77. The summed E-state index contributed by atoms with van der Waals surface area (Å²) in [5, 5.41) is 0.755. The van der Waals surface area contributed by atoms with E-state index in [1.807, 2.05) is 19.0 Å². The Morgan fingerprint density at radius 2 is 1.76 bits per heavy atom. The van der Waals surface area contributed by atoms with Gasteiger partial charge in [0.05, 0.1) is 16.7 Å². The van der Waals surface area contributed by atoms with E-state index in [1.165, 1.54) is 0 Å². The molecule has 2 amide bonds. The average molecular weight is 566 g/mol. The van der Waals surface area contributed by atoms with Crippen LogP contribution in [0.15, 0.2) is 29.5 Å². The summed E-state index contributed by atoms with van der Waals surface area (Å²) < 4.78 is 5.41. The fourth-order valence-corrected chi connectivity index (χ4v) is 6.27. The number of carbonyl (C=O) groups is 3. The van der Waals surface area contributed by atoms with Crippen LogP contribution < -0.4 is 0 Å². The molecule has 2 unspecified atom stereocenters. The number of hydrogen-bond donors (Lipinski definition) is 0. The van der Waals surface area contributed by atoms with Gasteiger partial charge in [-0.2, -0.15) is 0 Å². The van der Waals surface area contributed by atoms with Crippen LogP contribution in [0.25, 0.3) is 0 Å². The first-order valence-electron chi connectivity index (χ1n) is 13.6. The van der Waals surface area contributed by atoms with Crippen molar-refractivity contribution in [2.24, 2.45) is 5.92 Å². The molecule has 3 aliphatic rings. The van der Waals surface area contributed by atoms with Crippen molar-refractivity contribution in [2.75, 3.05) is 60.0 Å². The molecule has 1 saturated carbocycles. The summed E-state index contributed by atoms with van der Waals surface area (Å²) in [6, 6.07) is 4.99. The fourth-order valence-electron chi connectivity index (χ4n) is 5.97. The number of piperazine rings is 1. The van der Waals surface area contributed by atoms with E-state index in [0.29, 0.717) is 48.3 Å². The highest BCUT2D eigenvalue weighted by molar-refractivity contribution is 6.42. The van der Waals surface area contributed by atoms with Crippen LogP contribution in [0.1, 0.15) is 49.4 Å². The van der Waals surface area contributed by atoms with Crippen molar-refractivity contribution in [3.63, 3.8) is 0 Å². The largest absolute Gasteiger partial charge is 0.462 e. The monoisotopic (exact) mass is 564 g/mol. The summed E-state index contributed by atoms with van der Waals surface area (Å²) >= 11 is 12.1. The number of esters is 1. The van der Waals surface area contributed by atoms with Gasteiger partial charge in [0.2, 0.25) is 0 Å². The van der Waals surface area contributed by atoms with E-state index in [2.05, 4.69) is 9.80 Å². The number of nitrogens with zero attached hydrogens (tertiary/aromatic N) is 4. The second-order valence-electron chi connectivity index (χ2n) is 10.5. The number of amides is 2. The Kier molecular flexibility index (Phi) is 9.60. The molecule has 1 aliphatic carbocycles. The summed E-state index contributed by atoms with van der Waals surface area (Å²) in [4.78, 5) is 48.2. The lowest BCUT2D eigenvalue weighted by Gasteiger charge is -2.49. The normalized spacial score (nSPS) is 22.2. The highest BCUT2D eigenvalue weighted by Gasteiger charge is 2.47. The molecule has 2 aliphatic heterocycles. The minimum atomic E-state index is -0.538. The molecule has 4 rings (SSSR count). The zero-order chi connectivity index (χ0) is 27.4. The van der Waals surface area contributed by atoms with Gasteiger partial charge in [0.25, 0.3) is 11.8 Å². The van der Waals surface area contributed by atoms with Crippen LogP contribution in [0.3, 0.4) is 0 Å². The van der Waals surface area contributed by atoms with E-state index in [4.69, 9.17) is 27.9 Å². The quantitative estimate of drug-likeness (QED) is 0.352. The van der Waals surface area contributed by atoms with Crippen LogP contribution >= 0.6 is 23.2 Å². The highest BCUT2D eigenvalue weighted by Crippen LogP contribution is 2.41. The molecular formula is C28H38Cl2N4O4. The van der Waals surface area contributed by atoms with Gasteiger partial charge in [-0.05, 0) is 65.0 Å². The molecule has 10 heteroatoms. The lowest BCUT2D eigenvalue weighted by Crippen LogP contribution is -2.57. The van der Waals surface area contributed by atoms with E-state index in [-0.39, 0.29) is 36.0 Å². The maximum absolute atomic E-state index is 13.9. The number of benzene rings is 1. The predicted octanol–water partition coefficient (Wildman–Crippen LogP) is 3.92. The van der Waals surface area contributed by atoms with Crippen molar-refractivity contribution < 1.29 is 19.1 Å². The molecule has 2 heterocycles. The molecule has 38 heavy (non-hydrogen) atoms. The lowest BCUT2D eigenvalue weighted by atomic mass is 9.76. The molecule has 0 bridgehead atoms. The maximum Gasteiger partial charge on any atom is 0.345 e. The summed E-state index contributed by atoms with van der Waals surface area (Å²) in [7, 11) is 4.05. The molecule has 0 N–H and O–H groups in total. The van der Waals surface area contributed by atoms with Crippen molar-refractivity contribution in [2.45, 2.75) is 45.1 Å². The van der Waals surface area contributed by atoms with Crippen LogP contribution in [-0.4, -0.2) is 103 Å². The van der Waals surface area contributed by atoms with Gasteiger partial charge >= 0.3 is 5.97 Å². The van der Waals surface area contributed by atoms with Crippen LogP contribution in [-0.2, 0) is 14.3 Å². The Balaban J connectivity index is 1.59. The Morgan fingerprint density at radius 1 is 1.05 bits per heavy atom. The molecule has 1 aromatic carbocycles. The molecule has 0 radical (unpaired) electrons. The Morgan fingerprint density at radius 3 is 2.42 bits per heavy atom. The number of rotatable bonds is 8. The average Bonchev–Trinajstić information content (AvgIpc) is 2.90. The standard InChI is InChI=1S/C28H38Cl2N4O4/c1-4-38-28(37)24-25(20-8-5-6-9-23(20)34(27(24)36)13-7-12-31(2)3)32-14-16-33(17-15-32)26(35)19-10-11-21(29)22(30)18-19/h10-11,18,20,23H,4-9,12-17H2,1-3H3. The molecule has 2 fully saturated rings. The summed E-state index contributed by atoms with van der Waals surface area (Å²) in [5.41, 5.74) is 1.50. The van der Waals surface area contributed by atoms with Gasteiger partial charge < -0.3 is 24.3 Å². The Labute approximate surface area is 235 Å².